The highest BCUT2D eigenvalue weighted by Crippen LogP contribution is 2.52. The molecule has 0 amide bonds. The molecule has 0 spiro atoms. The van der Waals surface area contributed by atoms with Crippen LogP contribution in [-0.2, 0) is 14.2 Å². The summed E-state index contributed by atoms with van der Waals surface area (Å²) in [6.07, 6.45) is 3.78. The van der Waals surface area contributed by atoms with Crippen LogP contribution in [0.3, 0.4) is 0 Å². The molecule has 3 aliphatic heterocycles. The van der Waals surface area contributed by atoms with Crippen LogP contribution >= 0.6 is 0 Å². The maximum Gasteiger partial charge on any atom is 0.116 e. The van der Waals surface area contributed by atoms with Crippen molar-refractivity contribution in [1.29, 1.82) is 0 Å². The predicted octanol–water partition coefficient (Wildman–Crippen LogP) is -0.308. The van der Waals surface area contributed by atoms with E-state index in [-0.39, 0.29) is 0 Å². The first-order chi connectivity index (χ1) is 4.93. The van der Waals surface area contributed by atoms with Gasteiger partial charge in [-0.25, -0.2) is 0 Å². The third-order valence-electron chi connectivity index (χ3n) is 2.92. The molecule has 54 valence electrons. The van der Waals surface area contributed by atoms with E-state index in [1.54, 1.807) is 0 Å². The molecule has 0 radical (unpaired) electrons. The zero-order valence-electron chi connectivity index (χ0n) is 5.40. The van der Waals surface area contributed by atoms with E-state index < -0.39 is 0 Å². The van der Waals surface area contributed by atoms with Gasteiger partial charge in [0.05, 0.1) is 12.2 Å². The highest BCUT2D eigenvalue weighted by molar-refractivity contribution is 5.16. The Labute approximate surface area is 58.2 Å². The minimum atomic E-state index is 0.405. The third kappa shape index (κ3) is 0.418. The molecule has 0 aromatic rings. The van der Waals surface area contributed by atoms with Gasteiger partial charge in [-0.3, -0.25) is 0 Å². The Morgan fingerprint density at radius 3 is 1.90 bits per heavy atom. The molecular weight excluding hydrogens is 132 g/mol. The van der Waals surface area contributed by atoms with E-state index in [0.717, 1.165) is 6.42 Å². The molecule has 1 aliphatic carbocycles. The monoisotopic (exact) mass is 140 g/mol. The van der Waals surface area contributed by atoms with Gasteiger partial charge in [-0.05, 0) is 0 Å². The molecule has 0 N–H and O–H groups in total. The first-order valence-corrected chi connectivity index (χ1v) is 3.90. The van der Waals surface area contributed by atoms with Crippen molar-refractivity contribution in [3.8, 4) is 0 Å². The van der Waals surface area contributed by atoms with Gasteiger partial charge in [-0.15, -0.1) is 0 Å². The molecule has 0 aromatic carbocycles. The lowest BCUT2D eigenvalue weighted by Crippen LogP contribution is -2.06. The summed E-state index contributed by atoms with van der Waals surface area (Å²) in [5, 5.41) is 0. The number of ether oxygens (including phenoxy) is 3. The van der Waals surface area contributed by atoms with Gasteiger partial charge in [0.2, 0.25) is 0 Å². The molecule has 6 atom stereocenters. The first kappa shape index (κ1) is 4.70. The third-order valence-corrected chi connectivity index (χ3v) is 2.92. The molecule has 0 bridgehead atoms. The van der Waals surface area contributed by atoms with Crippen molar-refractivity contribution in [2.75, 3.05) is 0 Å². The molecule has 10 heavy (non-hydrogen) atoms. The molecule has 4 aliphatic rings. The fraction of sp³-hybridized carbons (Fsp3) is 1.00. The number of hydrogen-bond acceptors (Lipinski definition) is 3. The lowest BCUT2D eigenvalue weighted by atomic mass is 10.2. The topological polar surface area (TPSA) is 37.6 Å². The molecule has 0 aromatic heterocycles. The van der Waals surface area contributed by atoms with Crippen molar-refractivity contribution < 1.29 is 14.2 Å². The first-order valence-electron chi connectivity index (χ1n) is 3.90. The van der Waals surface area contributed by atoms with Crippen LogP contribution in [0.15, 0.2) is 0 Å². The van der Waals surface area contributed by atoms with Crippen LogP contribution in [0.25, 0.3) is 0 Å². The molecular formula is C7H8O3. The summed E-state index contributed by atoms with van der Waals surface area (Å²) in [4.78, 5) is 0. The predicted molar refractivity (Wildman–Crippen MR) is 30.6 cm³/mol. The van der Waals surface area contributed by atoms with Crippen LogP contribution in [0.2, 0.25) is 0 Å². The second kappa shape index (κ2) is 1.15. The minimum absolute atomic E-state index is 0.405. The summed E-state index contributed by atoms with van der Waals surface area (Å²) in [6.45, 7) is 0. The molecule has 3 nitrogen and oxygen atoms in total. The van der Waals surface area contributed by atoms with Crippen LogP contribution in [0.4, 0.5) is 0 Å². The average molecular weight is 140 g/mol. The highest BCUT2D eigenvalue weighted by atomic mass is 16.7. The average Bonchev–Trinajstić information content (AvgIpc) is 2.62. The van der Waals surface area contributed by atoms with Crippen molar-refractivity contribution in [3.05, 3.63) is 0 Å². The van der Waals surface area contributed by atoms with E-state index in [1.807, 2.05) is 0 Å². The Bertz CT molecular complexity index is 185. The highest BCUT2D eigenvalue weighted by Gasteiger charge is 2.69. The number of epoxide rings is 3. The number of fused-ring (bicyclic) bond motifs is 5. The van der Waals surface area contributed by atoms with E-state index in [4.69, 9.17) is 14.2 Å². The van der Waals surface area contributed by atoms with Crippen molar-refractivity contribution in [1.82, 2.24) is 0 Å². The van der Waals surface area contributed by atoms with Gasteiger partial charge in [0.15, 0.2) is 0 Å². The molecule has 3 saturated heterocycles. The maximum absolute atomic E-state index is 5.42. The zero-order valence-corrected chi connectivity index (χ0v) is 5.40. The van der Waals surface area contributed by atoms with Crippen LogP contribution in [0, 0.1) is 0 Å². The van der Waals surface area contributed by atoms with Gasteiger partial charge < -0.3 is 14.2 Å². The smallest absolute Gasteiger partial charge is 0.116 e. The second-order valence-electron chi connectivity index (χ2n) is 3.58. The fourth-order valence-corrected chi connectivity index (χ4v) is 2.16. The van der Waals surface area contributed by atoms with E-state index in [2.05, 4.69) is 0 Å². The largest absolute Gasteiger partial charge is 0.367 e. The van der Waals surface area contributed by atoms with Crippen molar-refractivity contribution in [2.45, 2.75) is 43.0 Å². The Kier molecular flexibility index (Phi) is 0.541. The summed E-state index contributed by atoms with van der Waals surface area (Å²) < 4.78 is 16.2. The Balaban J connectivity index is 1.72. The van der Waals surface area contributed by atoms with Crippen LogP contribution in [0.5, 0.6) is 0 Å². The van der Waals surface area contributed by atoms with E-state index >= 15 is 0 Å². The standard InChI is InChI=1S/C7H8O3/c1-2-4(8-2)6-7(10-6)5-3(1)9-5/h2-7H,1H2. The van der Waals surface area contributed by atoms with E-state index in [9.17, 15) is 0 Å². The number of hydrogen-bond donors (Lipinski definition) is 0. The summed E-state index contributed by atoms with van der Waals surface area (Å²) in [7, 11) is 0. The van der Waals surface area contributed by atoms with E-state index in [0.29, 0.717) is 36.6 Å². The quantitative estimate of drug-likeness (QED) is 0.433. The summed E-state index contributed by atoms with van der Waals surface area (Å²) in [5.41, 5.74) is 0. The summed E-state index contributed by atoms with van der Waals surface area (Å²) in [6, 6.07) is 0. The second-order valence-corrected chi connectivity index (χ2v) is 3.58. The van der Waals surface area contributed by atoms with Gasteiger partial charge in [-0.2, -0.15) is 0 Å². The van der Waals surface area contributed by atoms with E-state index in [1.165, 1.54) is 0 Å². The van der Waals surface area contributed by atoms with Gasteiger partial charge in [0.1, 0.15) is 24.4 Å². The van der Waals surface area contributed by atoms with Crippen molar-refractivity contribution in [3.63, 3.8) is 0 Å². The molecule has 3 heteroatoms. The van der Waals surface area contributed by atoms with Gasteiger partial charge >= 0.3 is 0 Å². The SMILES string of the molecule is C1C2OC2C2OC2C2OC12. The molecule has 1 saturated carbocycles. The maximum atomic E-state index is 5.42. The molecule has 6 unspecified atom stereocenters. The Morgan fingerprint density at radius 2 is 1.30 bits per heavy atom. The normalized spacial score (nSPS) is 74.4. The van der Waals surface area contributed by atoms with Gasteiger partial charge in [0.25, 0.3) is 0 Å². The fourth-order valence-electron chi connectivity index (χ4n) is 2.16. The lowest BCUT2D eigenvalue weighted by Gasteiger charge is -1.84. The molecule has 3 heterocycles. The van der Waals surface area contributed by atoms with Gasteiger partial charge in [-0.1, -0.05) is 0 Å². The van der Waals surface area contributed by atoms with Crippen molar-refractivity contribution in [2.24, 2.45) is 0 Å². The summed E-state index contributed by atoms with van der Waals surface area (Å²) >= 11 is 0. The van der Waals surface area contributed by atoms with Crippen LogP contribution in [0.1, 0.15) is 6.42 Å². The zero-order chi connectivity index (χ0) is 6.29. The van der Waals surface area contributed by atoms with Crippen LogP contribution in [-0.4, -0.2) is 36.6 Å². The van der Waals surface area contributed by atoms with Crippen molar-refractivity contribution >= 4 is 0 Å². The Hall–Kier alpha value is -0.120. The lowest BCUT2D eigenvalue weighted by molar-refractivity contribution is 0.279. The van der Waals surface area contributed by atoms with Gasteiger partial charge in [0, 0.05) is 6.42 Å². The molecule has 4 fully saturated rings. The minimum Gasteiger partial charge on any atom is -0.367 e. The Morgan fingerprint density at radius 1 is 0.700 bits per heavy atom. The molecule has 4 rings (SSSR count). The van der Waals surface area contributed by atoms with Crippen LogP contribution < -0.4 is 0 Å². The summed E-state index contributed by atoms with van der Waals surface area (Å²) in [5.74, 6) is 0. The number of rotatable bonds is 0.